The van der Waals surface area contributed by atoms with Gasteiger partial charge in [0.05, 0.1) is 0 Å². The van der Waals surface area contributed by atoms with Crippen LogP contribution in [-0.2, 0) is 7.67 Å². The Hall–Kier alpha value is -0.000519. The number of hydrogen-bond acceptors (Lipinski definition) is 4. The average molecular weight is 161 g/mol. The van der Waals surface area contributed by atoms with Gasteiger partial charge in [-0.2, -0.15) is 0 Å². The Balaban J connectivity index is -0.0000000275. The molecule has 0 saturated carbocycles. The van der Waals surface area contributed by atoms with Crippen molar-refractivity contribution in [2.75, 3.05) is 0 Å². The molecule has 0 spiro atoms. The van der Waals surface area contributed by atoms with Crippen LogP contribution < -0.4 is 11.7 Å². The van der Waals surface area contributed by atoms with Crippen molar-refractivity contribution in [1.29, 1.82) is 0 Å². The molecule has 0 rings (SSSR count). The molecule has 0 atom stereocenters. The van der Waals surface area contributed by atoms with Gasteiger partial charge >= 0.3 is 22.5 Å². The van der Waals surface area contributed by atoms with E-state index in [2.05, 4.69) is 11.7 Å². The van der Waals surface area contributed by atoms with Crippen LogP contribution >= 0.6 is 0 Å². The van der Waals surface area contributed by atoms with E-state index in [0.717, 1.165) is 0 Å². The van der Waals surface area contributed by atoms with Gasteiger partial charge in [-0.3, -0.25) is 11.7 Å². The molecule has 0 saturated heterocycles. The molecule has 5 nitrogen and oxygen atoms in total. The molecule has 0 aromatic heterocycles. The topological polar surface area (TPSA) is 118 Å². The standard InChI is InChI=1S/H4N2.O2Se.H2O/c1-2;1-3-2;/h1-2H2;;1H2. The molecule has 0 aliphatic rings. The van der Waals surface area contributed by atoms with Crippen molar-refractivity contribution < 1.29 is 13.1 Å². The van der Waals surface area contributed by atoms with Crippen molar-refractivity contribution in [3.05, 3.63) is 0 Å². The minimum absolute atomic E-state index is 0. The van der Waals surface area contributed by atoms with Crippen molar-refractivity contribution in [3.8, 4) is 0 Å². The summed E-state index contributed by atoms with van der Waals surface area (Å²) < 4.78 is 16.9. The van der Waals surface area contributed by atoms with E-state index >= 15 is 0 Å². The second-order valence-corrected chi connectivity index (χ2v) is 0.354. The minimum atomic E-state index is -1.62. The van der Waals surface area contributed by atoms with Crippen molar-refractivity contribution in [2.24, 2.45) is 11.7 Å². The maximum absolute atomic E-state index is 8.44. The quantitative estimate of drug-likeness (QED) is 0.229. The predicted octanol–water partition coefficient (Wildman–Crippen LogP) is -2.62. The molecule has 6 heavy (non-hydrogen) atoms. The molecule has 40 valence electrons. The summed E-state index contributed by atoms with van der Waals surface area (Å²) in [7, 11) is 0. The van der Waals surface area contributed by atoms with Crippen LogP contribution in [0.1, 0.15) is 0 Å². The Morgan fingerprint density at radius 3 is 1.17 bits per heavy atom. The van der Waals surface area contributed by atoms with Gasteiger partial charge in [-0.1, -0.05) is 0 Å². The van der Waals surface area contributed by atoms with Gasteiger partial charge in [0.1, 0.15) is 0 Å². The molecule has 0 unspecified atom stereocenters. The molecule has 0 bridgehead atoms. The van der Waals surface area contributed by atoms with Gasteiger partial charge in [-0.25, -0.2) is 0 Å². The normalized spacial score (nSPS) is 3.00. The van der Waals surface area contributed by atoms with Crippen LogP contribution in [-0.4, -0.2) is 20.3 Å². The summed E-state index contributed by atoms with van der Waals surface area (Å²) in [5.74, 6) is 8.00. The van der Waals surface area contributed by atoms with Crippen molar-refractivity contribution in [3.63, 3.8) is 0 Å². The zero-order valence-corrected chi connectivity index (χ0v) is 4.59. The molecule has 0 heterocycles. The van der Waals surface area contributed by atoms with E-state index in [9.17, 15) is 0 Å². The van der Waals surface area contributed by atoms with E-state index < -0.39 is 14.8 Å². The third-order valence-corrected chi connectivity index (χ3v) is 0. The van der Waals surface area contributed by atoms with E-state index in [1.54, 1.807) is 0 Å². The number of hydrazine groups is 1. The first-order valence-corrected chi connectivity index (χ1v) is 2.07. The molecule has 0 radical (unpaired) electrons. The molecule has 0 aliphatic heterocycles. The molecule has 0 fully saturated rings. The number of rotatable bonds is 0. The molecule has 0 aromatic rings. The molecule has 6 heteroatoms. The Labute approximate surface area is 40.5 Å². The fourth-order valence-electron chi connectivity index (χ4n) is 0. The molecule has 0 aliphatic carbocycles. The van der Waals surface area contributed by atoms with Crippen LogP contribution in [0, 0.1) is 0 Å². The Morgan fingerprint density at radius 2 is 1.17 bits per heavy atom. The third-order valence-electron chi connectivity index (χ3n) is 0. The SMILES string of the molecule is NN.O.O=[Se]=O. The first-order chi connectivity index (χ1) is 2.41. The molecule has 6 N–H and O–H groups in total. The summed E-state index contributed by atoms with van der Waals surface area (Å²) in [4.78, 5) is 0. The van der Waals surface area contributed by atoms with Gasteiger partial charge in [0.25, 0.3) is 0 Å². The summed E-state index contributed by atoms with van der Waals surface area (Å²) in [5.41, 5.74) is 0. The average Bonchev–Trinajstić information content (AvgIpc) is 1.46. The van der Waals surface area contributed by atoms with Crippen LogP contribution in [0.4, 0.5) is 0 Å². The second-order valence-electron chi connectivity index (χ2n) is 0.0680. The van der Waals surface area contributed by atoms with E-state index in [1.165, 1.54) is 0 Å². The summed E-state index contributed by atoms with van der Waals surface area (Å²) in [6.07, 6.45) is 0. The van der Waals surface area contributed by atoms with E-state index in [-0.39, 0.29) is 5.48 Å². The van der Waals surface area contributed by atoms with Gasteiger partial charge in [-0.15, -0.1) is 0 Å². The van der Waals surface area contributed by atoms with E-state index in [1.807, 2.05) is 0 Å². The Bertz CT molecular complexity index is 29.8. The van der Waals surface area contributed by atoms with E-state index in [4.69, 9.17) is 7.67 Å². The molecule has 0 amide bonds. The first-order valence-electron chi connectivity index (χ1n) is 0.667. The van der Waals surface area contributed by atoms with Gasteiger partial charge in [0.2, 0.25) is 0 Å². The van der Waals surface area contributed by atoms with Crippen molar-refractivity contribution in [1.82, 2.24) is 0 Å². The van der Waals surface area contributed by atoms with Gasteiger partial charge in [0, 0.05) is 0 Å². The number of hydrogen-bond donors (Lipinski definition) is 2. The van der Waals surface area contributed by atoms with Crippen LogP contribution in [0.2, 0.25) is 0 Å². The van der Waals surface area contributed by atoms with Crippen molar-refractivity contribution >= 4 is 14.8 Å². The van der Waals surface area contributed by atoms with Gasteiger partial charge in [-0.05, 0) is 0 Å². The summed E-state index contributed by atoms with van der Waals surface area (Å²) in [6.45, 7) is 0. The fraction of sp³-hybridized carbons (Fsp3) is 0. The number of nitrogens with two attached hydrogens (primary N) is 2. The molecule has 0 aromatic carbocycles. The maximum atomic E-state index is 8.44. The third kappa shape index (κ3) is 133000000. The molecular weight excluding hydrogens is 155 g/mol. The fourth-order valence-corrected chi connectivity index (χ4v) is 0. The zero-order valence-electron chi connectivity index (χ0n) is 2.88. The summed E-state index contributed by atoms with van der Waals surface area (Å²) in [5, 5.41) is 0. The zero-order chi connectivity index (χ0) is 4.71. The molecular formula is H6N2O3Se. The first kappa shape index (κ1) is 16.7. The monoisotopic (exact) mass is 162 g/mol. The van der Waals surface area contributed by atoms with Crippen LogP contribution in [0.3, 0.4) is 0 Å². The van der Waals surface area contributed by atoms with Crippen LogP contribution in [0.5, 0.6) is 0 Å². The van der Waals surface area contributed by atoms with Crippen LogP contribution in [0.25, 0.3) is 0 Å². The van der Waals surface area contributed by atoms with Crippen LogP contribution in [0.15, 0.2) is 0 Å². The summed E-state index contributed by atoms with van der Waals surface area (Å²) in [6, 6.07) is 0. The van der Waals surface area contributed by atoms with Gasteiger partial charge in [0.15, 0.2) is 0 Å². The van der Waals surface area contributed by atoms with Gasteiger partial charge < -0.3 is 5.48 Å². The van der Waals surface area contributed by atoms with E-state index in [0.29, 0.717) is 0 Å². The Kier molecular flexibility index (Phi) is 222. The predicted molar refractivity (Wildman–Crippen MR) is 19.1 cm³/mol. The second kappa shape index (κ2) is 80.1. The Morgan fingerprint density at radius 1 is 1.17 bits per heavy atom. The summed E-state index contributed by atoms with van der Waals surface area (Å²) >= 11 is -1.62. The van der Waals surface area contributed by atoms with Crippen molar-refractivity contribution in [2.45, 2.75) is 0 Å².